The first-order valence-corrected chi connectivity index (χ1v) is 5.96. The maximum atomic E-state index is 5.72. The summed E-state index contributed by atoms with van der Waals surface area (Å²) >= 11 is 0. The lowest BCUT2D eigenvalue weighted by molar-refractivity contribution is 0.304. The molecule has 0 spiro atoms. The zero-order valence-electron chi connectivity index (χ0n) is 10.4. The molecule has 1 atom stereocenters. The van der Waals surface area contributed by atoms with Crippen LogP contribution in [0.15, 0.2) is 42.9 Å². The number of nitrogens with zero attached hydrogens (tertiary/aromatic N) is 2. The van der Waals surface area contributed by atoms with Crippen molar-refractivity contribution in [1.82, 2.24) is 9.97 Å². The van der Waals surface area contributed by atoms with Crippen LogP contribution < -0.4 is 10.5 Å². The largest absolute Gasteiger partial charge is 0.487 e. The molecule has 0 bridgehead atoms. The molecule has 0 aromatic carbocycles. The van der Waals surface area contributed by atoms with E-state index in [2.05, 4.69) is 9.97 Å². The zero-order chi connectivity index (χ0) is 12.8. The van der Waals surface area contributed by atoms with Crippen molar-refractivity contribution in [2.24, 2.45) is 5.73 Å². The van der Waals surface area contributed by atoms with E-state index in [1.807, 2.05) is 31.2 Å². The van der Waals surface area contributed by atoms with Gasteiger partial charge in [0.2, 0.25) is 0 Å². The summed E-state index contributed by atoms with van der Waals surface area (Å²) in [7, 11) is 0. The minimum Gasteiger partial charge on any atom is -0.487 e. The fourth-order valence-corrected chi connectivity index (χ4v) is 1.59. The fraction of sp³-hybridized carbons (Fsp3) is 0.286. The van der Waals surface area contributed by atoms with E-state index in [1.165, 1.54) is 0 Å². The van der Waals surface area contributed by atoms with Gasteiger partial charge in [-0.2, -0.15) is 0 Å². The van der Waals surface area contributed by atoms with E-state index in [0.29, 0.717) is 6.61 Å². The average molecular weight is 243 g/mol. The molecule has 0 saturated heterocycles. The molecule has 2 N–H and O–H groups in total. The van der Waals surface area contributed by atoms with Gasteiger partial charge >= 0.3 is 0 Å². The van der Waals surface area contributed by atoms with Crippen LogP contribution in [0.3, 0.4) is 0 Å². The van der Waals surface area contributed by atoms with E-state index >= 15 is 0 Å². The SMILES string of the molecule is CC(N)Cc1ccc(OCc2ccncc2)cn1. The van der Waals surface area contributed by atoms with Gasteiger partial charge in [-0.3, -0.25) is 9.97 Å². The smallest absolute Gasteiger partial charge is 0.138 e. The van der Waals surface area contributed by atoms with Gasteiger partial charge in [-0.05, 0) is 36.8 Å². The Morgan fingerprint density at radius 3 is 2.61 bits per heavy atom. The first-order valence-electron chi connectivity index (χ1n) is 5.96. The van der Waals surface area contributed by atoms with Crippen LogP contribution in [0.5, 0.6) is 5.75 Å². The summed E-state index contributed by atoms with van der Waals surface area (Å²) in [6.45, 7) is 2.49. The Kier molecular flexibility index (Phi) is 4.25. The van der Waals surface area contributed by atoms with Gasteiger partial charge in [-0.25, -0.2) is 0 Å². The summed E-state index contributed by atoms with van der Waals surface area (Å²) in [5.41, 5.74) is 7.79. The lowest BCUT2D eigenvalue weighted by atomic mass is 10.2. The molecule has 18 heavy (non-hydrogen) atoms. The Morgan fingerprint density at radius 1 is 1.22 bits per heavy atom. The molecule has 4 nitrogen and oxygen atoms in total. The second kappa shape index (κ2) is 6.12. The molecule has 2 rings (SSSR count). The molecule has 2 aromatic heterocycles. The Morgan fingerprint density at radius 2 is 2.00 bits per heavy atom. The first-order chi connectivity index (χ1) is 8.74. The summed E-state index contributed by atoms with van der Waals surface area (Å²) in [6, 6.07) is 7.86. The third kappa shape index (κ3) is 3.82. The van der Waals surface area contributed by atoms with Gasteiger partial charge in [-0.1, -0.05) is 0 Å². The predicted octanol–water partition coefficient (Wildman–Crippen LogP) is 1.95. The molecule has 0 aliphatic carbocycles. The predicted molar refractivity (Wildman–Crippen MR) is 70.2 cm³/mol. The number of hydrogen-bond acceptors (Lipinski definition) is 4. The van der Waals surface area contributed by atoms with Crippen LogP contribution in [0.4, 0.5) is 0 Å². The van der Waals surface area contributed by atoms with Crippen LogP contribution in [0, 0.1) is 0 Å². The zero-order valence-corrected chi connectivity index (χ0v) is 10.4. The highest BCUT2D eigenvalue weighted by Gasteiger charge is 2.00. The highest BCUT2D eigenvalue weighted by Crippen LogP contribution is 2.12. The number of ether oxygens (including phenoxy) is 1. The van der Waals surface area contributed by atoms with Crippen molar-refractivity contribution in [2.75, 3.05) is 0 Å². The minimum absolute atomic E-state index is 0.126. The number of nitrogens with two attached hydrogens (primary N) is 1. The summed E-state index contributed by atoms with van der Waals surface area (Å²) in [5, 5.41) is 0. The van der Waals surface area contributed by atoms with Crippen LogP contribution in [-0.2, 0) is 13.0 Å². The molecule has 0 amide bonds. The Bertz CT molecular complexity index is 468. The highest BCUT2D eigenvalue weighted by molar-refractivity contribution is 5.21. The third-order valence-electron chi connectivity index (χ3n) is 2.48. The molecular weight excluding hydrogens is 226 g/mol. The van der Waals surface area contributed by atoms with Crippen molar-refractivity contribution in [3.05, 3.63) is 54.1 Å². The minimum atomic E-state index is 0.126. The van der Waals surface area contributed by atoms with Crippen molar-refractivity contribution in [3.63, 3.8) is 0 Å². The summed E-state index contributed by atoms with van der Waals surface area (Å²) < 4.78 is 5.63. The summed E-state index contributed by atoms with van der Waals surface area (Å²) in [5.74, 6) is 0.764. The van der Waals surface area contributed by atoms with E-state index in [-0.39, 0.29) is 6.04 Å². The second-order valence-corrected chi connectivity index (χ2v) is 4.31. The molecule has 2 heterocycles. The second-order valence-electron chi connectivity index (χ2n) is 4.31. The van der Waals surface area contributed by atoms with Crippen LogP contribution in [0.1, 0.15) is 18.2 Å². The van der Waals surface area contributed by atoms with Crippen molar-refractivity contribution >= 4 is 0 Å². The summed E-state index contributed by atoms with van der Waals surface area (Å²) in [4.78, 5) is 8.27. The quantitative estimate of drug-likeness (QED) is 0.871. The lowest BCUT2D eigenvalue weighted by Gasteiger charge is -2.07. The number of hydrogen-bond donors (Lipinski definition) is 1. The van der Waals surface area contributed by atoms with Crippen LogP contribution in [0.2, 0.25) is 0 Å². The molecule has 0 fully saturated rings. The average Bonchev–Trinajstić information content (AvgIpc) is 2.38. The van der Waals surface area contributed by atoms with Gasteiger partial charge in [0.25, 0.3) is 0 Å². The van der Waals surface area contributed by atoms with E-state index in [1.54, 1.807) is 18.6 Å². The van der Waals surface area contributed by atoms with Gasteiger partial charge in [0.15, 0.2) is 0 Å². The van der Waals surface area contributed by atoms with Crippen LogP contribution in [0.25, 0.3) is 0 Å². The number of pyridine rings is 2. The van der Waals surface area contributed by atoms with Crippen LogP contribution in [-0.4, -0.2) is 16.0 Å². The van der Waals surface area contributed by atoms with Crippen molar-refractivity contribution < 1.29 is 4.74 Å². The molecule has 4 heteroatoms. The fourth-order valence-electron chi connectivity index (χ4n) is 1.59. The molecule has 2 aromatic rings. The topological polar surface area (TPSA) is 61.0 Å². The van der Waals surface area contributed by atoms with Crippen LogP contribution >= 0.6 is 0 Å². The van der Waals surface area contributed by atoms with Gasteiger partial charge in [0.1, 0.15) is 12.4 Å². The van der Waals surface area contributed by atoms with Crippen molar-refractivity contribution in [3.8, 4) is 5.75 Å². The van der Waals surface area contributed by atoms with Gasteiger partial charge < -0.3 is 10.5 Å². The standard InChI is InChI=1S/C14H17N3O/c1-11(15)8-13-2-3-14(9-17-13)18-10-12-4-6-16-7-5-12/h2-7,9,11H,8,10,15H2,1H3. The van der Waals surface area contributed by atoms with Crippen molar-refractivity contribution in [2.45, 2.75) is 26.0 Å². The lowest BCUT2D eigenvalue weighted by Crippen LogP contribution is -2.18. The van der Waals surface area contributed by atoms with E-state index in [0.717, 1.165) is 23.4 Å². The summed E-state index contributed by atoms with van der Waals surface area (Å²) in [6.07, 6.45) is 6.02. The molecule has 0 radical (unpaired) electrons. The molecule has 0 aliphatic rings. The highest BCUT2D eigenvalue weighted by atomic mass is 16.5. The Balaban J connectivity index is 1.90. The molecule has 1 unspecified atom stereocenters. The molecular formula is C14H17N3O. The maximum absolute atomic E-state index is 5.72. The van der Waals surface area contributed by atoms with Gasteiger partial charge in [0.05, 0.1) is 6.20 Å². The Hall–Kier alpha value is -1.94. The van der Waals surface area contributed by atoms with E-state index in [4.69, 9.17) is 10.5 Å². The van der Waals surface area contributed by atoms with E-state index < -0.39 is 0 Å². The molecule has 0 aliphatic heterocycles. The van der Waals surface area contributed by atoms with Crippen molar-refractivity contribution in [1.29, 1.82) is 0 Å². The number of aromatic nitrogens is 2. The monoisotopic (exact) mass is 243 g/mol. The number of rotatable bonds is 5. The molecule has 0 saturated carbocycles. The normalized spacial score (nSPS) is 12.1. The third-order valence-corrected chi connectivity index (χ3v) is 2.48. The molecule has 94 valence electrons. The van der Waals surface area contributed by atoms with Gasteiger partial charge in [-0.15, -0.1) is 0 Å². The van der Waals surface area contributed by atoms with E-state index in [9.17, 15) is 0 Å². The maximum Gasteiger partial charge on any atom is 0.138 e. The first kappa shape index (κ1) is 12.5. The van der Waals surface area contributed by atoms with Gasteiger partial charge in [0, 0.05) is 30.6 Å². The Labute approximate surface area is 107 Å².